The van der Waals surface area contributed by atoms with Crippen molar-refractivity contribution < 1.29 is 9.53 Å². The first-order chi connectivity index (χ1) is 11.4. The van der Waals surface area contributed by atoms with E-state index in [0.717, 1.165) is 23.0 Å². The van der Waals surface area contributed by atoms with Gasteiger partial charge in [-0.1, -0.05) is 18.2 Å². The van der Waals surface area contributed by atoms with E-state index >= 15 is 0 Å². The second-order valence-corrected chi connectivity index (χ2v) is 7.10. The quantitative estimate of drug-likeness (QED) is 0.847. The smallest absolute Gasteiger partial charge is 0.410 e. The van der Waals surface area contributed by atoms with Crippen LogP contribution in [0.3, 0.4) is 0 Å². The van der Waals surface area contributed by atoms with Crippen LogP contribution in [-0.2, 0) is 4.74 Å². The van der Waals surface area contributed by atoms with Gasteiger partial charge in [0, 0.05) is 24.5 Å². The molecular weight excluding hydrogens is 304 g/mol. The molecule has 0 unspecified atom stereocenters. The first-order valence-electron chi connectivity index (χ1n) is 8.25. The minimum Gasteiger partial charge on any atom is -0.444 e. The second-order valence-electron chi connectivity index (χ2n) is 7.10. The molecule has 0 saturated carbocycles. The number of benzene rings is 1. The third-order valence-corrected chi connectivity index (χ3v) is 3.85. The lowest BCUT2D eigenvalue weighted by atomic mass is 10.2. The van der Waals surface area contributed by atoms with E-state index in [9.17, 15) is 4.79 Å². The maximum absolute atomic E-state index is 12.1. The number of rotatable bonds is 3. The minimum absolute atomic E-state index is 0.184. The van der Waals surface area contributed by atoms with Crippen LogP contribution in [0.15, 0.2) is 36.5 Å². The number of carbonyl (C=O) groups is 1. The van der Waals surface area contributed by atoms with Crippen molar-refractivity contribution in [1.82, 2.24) is 15.3 Å². The number of likely N-dealkylation sites (tertiary alicyclic amines) is 1. The second kappa shape index (κ2) is 6.65. The first-order valence-corrected chi connectivity index (χ1v) is 8.25. The fourth-order valence-corrected chi connectivity index (χ4v) is 2.70. The van der Waals surface area contributed by atoms with Gasteiger partial charge in [0.2, 0.25) is 0 Å². The van der Waals surface area contributed by atoms with Crippen LogP contribution in [0.5, 0.6) is 0 Å². The lowest BCUT2D eigenvalue weighted by molar-refractivity contribution is 0.0291. The average Bonchev–Trinajstić information content (AvgIpc) is 3.00. The van der Waals surface area contributed by atoms with Crippen LogP contribution in [0.1, 0.15) is 27.2 Å². The fraction of sp³-hybridized carbons (Fsp3) is 0.444. The summed E-state index contributed by atoms with van der Waals surface area (Å²) >= 11 is 0. The highest BCUT2D eigenvalue weighted by Gasteiger charge is 2.29. The van der Waals surface area contributed by atoms with Crippen LogP contribution in [0.2, 0.25) is 0 Å². The Bertz CT molecular complexity index is 726. The standard InChI is InChI=1S/C18H24N4O2/c1-18(2,3)24-17(23)22-9-8-14(12-22)20-21-15-10-13-6-4-5-7-16(13)19-11-15/h4-7,10-11,14,20-21H,8-9,12H2,1-3H3/t14-/m1/s1. The Hall–Kier alpha value is -2.34. The Morgan fingerprint density at radius 1 is 1.33 bits per heavy atom. The molecule has 0 spiro atoms. The van der Waals surface area contributed by atoms with Gasteiger partial charge in [0.15, 0.2) is 0 Å². The molecule has 0 radical (unpaired) electrons. The topological polar surface area (TPSA) is 66.5 Å². The molecule has 6 heteroatoms. The molecule has 1 atom stereocenters. The van der Waals surface area contributed by atoms with E-state index in [2.05, 4.69) is 21.9 Å². The van der Waals surface area contributed by atoms with Crippen molar-refractivity contribution in [1.29, 1.82) is 0 Å². The van der Waals surface area contributed by atoms with Crippen LogP contribution >= 0.6 is 0 Å². The van der Waals surface area contributed by atoms with Gasteiger partial charge in [-0.15, -0.1) is 0 Å². The summed E-state index contributed by atoms with van der Waals surface area (Å²) in [5.41, 5.74) is 7.88. The Labute approximate surface area is 142 Å². The molecule has 1 fully saturated rings. The summed E-state index contributed by atoms with van der Waals surface area (Å²) in [6.07, 6.45) is 2.43. The maximum Gasteiger partial charge on any atom is 0.410 e. The predicted octanol–water partition coefficient (Wildman–Crippen LogP) is 3.16. The number of aromatic nitrogens is 1. The number of pyridine rings is 1. The minimum atomic E-state index is -0.461. The first kappa shape index (κ1) is 16.5. The monoisotopic (exact) mass is 328 g/mol. The van der Waals surface area contributed by atoms with Gasteiger partial charge in [0.25, 0.3) is 0 Å². The zero-order valence-corrected chi connectivity index (χ0v) is 14.4. The molecule has 1 amide bonds. The van der Waals surface area contributed by atoms with Gasteiger partial charge in [0.1, 0.15) is 5.60 Å². The molecule has 1 aromatic carbocycles. The highest BCUT2D eigenvalue weighted by atomic mass is 16.6. The maximum atomic E-state index is 12.1. The van der Waals surface area contributed by atoms with E-state index in [4.69, 9.17) is 4.74 Å². The van der Waals surface area contributed by atoms with Gasteiger partial charge in [-0.2, -0.15) is 0 Å². The zero-order valence-electron chi connectivity index (χ0n) is 14.4. The largest absolute Gasteiger partial charge is 0.444 e. The summed E-state index contributed by atoms with van der Waals surface area (Å²) in [7, 11) is 0. The number of amides is 1. The predicted molar refractivity (Wildman–Crippen MR) is 94.7 cm³/mol. The number of para-hydroxylation sites is 1. The van der Waals surface area contributed by atoms with Crippen LogP contribution < -0.4 is 10.9 Å². The number of nitrogens with one attached hydrogen (secondary N) is 2. The van der Waals surface area contributed by atoms with Gasteiger partial charge in [-0.3, -0.25) is 4.98 Å². The number of carbonyl (C=O) groups excluding carboxylic acids is 1. The van der Waals surface area contributed by atoms with E-state index in [1.165, 1.54) is 0 Å². The zero-order chi connectivity index (χ0) is 17.2. The molecule has 2 heterocycles. The van der Waals surface area contributed by atoms with Gasteiger partial charge < -0.3 is 15.1 Å². The molecule has 1 saturated heterocycles. The molecule has 1 aliphatic heterocycles. The summed E-state index contributed by atoms with van der Waals surface area (Å²) < 4.78 is 5.41. The normalized spacial score (nSPS) is 18.0. The Balaban J connectivity index is 1.53. The molecule has 6 nitrogen and oxygen atoms in total. The molecule has 1 aliphatic rings. The van der Waals surface area contributed by atoms with Crippen molar-refractivity contribution in [2.75, 3.05) is 18.5 Å². The molecule has 0 bridgehead atoms. The van der Waals surface area contributed by atoms with Crippen molar-refractivity contribution in [3.05, 3.63) is 36.5 Å². The molecule has 128 valence electrons. The van der Waals surface area contributed by atoms with E-state index in [1.807, 2.05) is 45.0 Å². The third-order valence-electron chi connectivity index (χ3n) is 3.85. The van der Waals surface area contributed by atoms with E-state index in [1.54, 1.807) is 11.1 Å². The number of hydrazine groups is 1. The molecule has 1 aromatic heterocycles. The van der Waals surface area contributed by atoms with Crippen molar-refractivity contribution in [3.63, 3.8) is 0 Å². The van der Waals surface area contributed by atoms with Crippen LogP contribution in [0.4, 0.5) is 10.5 Å². The number of ether oxygens (including phenoxy) is 1. The molecule has 3 rings (SSSR count). The molecule has 2 N–H and O–H groups in total. The Kier molecular flexibility index (Phi) is 4.57. The molecule has 0 aliphatic carbocycles. The lowest BCUT2D eigenvalue weighted by Crippen LogP contribution is -2.40. The number of anilines is 1. The summed E-state index contributed by atoms with van der Waals surface area (Å²) in [5, 5.41) is 1.09. The number of nitrogens with zero attached hydrogens (tertiary/aromatic N) is 2. The number of fused-ring (bicyclic) bond motifs is 1. The molecular formula is C18H24N4O2. The summed E-state index contributed by atoms with van der Waals surface area (Å²) in [6.45, 7) is 6.97. The van der Waals surface area contributed by atoms with Crippen molar-refractivity contribution >= 4 is 22.7 Å². The van der Waals surface area contributed by atoms with E-state index < -0.39 is 5.60 Å². The Morgan fingerprint density at radius 2 is 2.12 bits per heavy atom. The summed E-state index contributed by atoms with van der Waals surface area (Å²) in [6, 6.07) is 10.2. The van der Waals surface area contributed by atoms with Crippen molar-refractivity contribution in [2.45, 2.75) is 38.8 Å². The van der Waals surface area contributed by atoms with Gasteiger partial charge in [-0.05, 0) is 39.3 Å². The third kappa shape index (κ3) is 4.14. The highest BCUT2D eigenvalue weighted by Crippen LogP contribution is 2.17. The lowest BCUT2D eigenvalue weighted by Gasteiger charge is -2.24. The average molecular weight is 328 g/mol. The highest BCUT2D eigenvalue weighted by molar-refractivity contribution is 5.81. The van der Waals surface area contributed by atoms with Crippen molar-refractivity contribution in [3.8, 4) is 0 Å². The van der Waals surface area contributed by atoms with Crippen LogP contribution in [0, 0.1) is 0 Å². The van der Waals surface area contributed by atoms with Crippen LogP contribution in [0.25, 0.3) is 10.9 Å². The van der Waals surface area contributed by atoms with E-state index in [0.29, 0.717) is 13.1 Å². The van der Waals surface area contributed by atoms with Gasteiger partial charge >= 0.3 is 6.09 Å². The Morgan fingerprint density at radius 3 is 2.92 bits per heavy atom. The SMILES string of the molecule is CC(C)(C)OC(=O)N1CC[C@@H](NNc2cnc3ccccc3c2)C1. The van der Waals surface area contributed by atoms with Crippen LogP contribution in [-0.4, -0.2) is 40.7 Å². The van der Waals surface area contributed by atoms with Crippen molar-refractivity contribution in [2.24, 2.45) is 0 Å². The number of hydrogen-bond donors (Lipinski definition) is 2. The molecule has 2 aromatic rings. The van der Waals surface area contributed by atoms with Gasteiger partial charge in [-0.25, -0.2) is 10.2 Å². The fourth-order valence-electron chi connectivity index (χ4n) is 2.70. The molecule has 24 heavy (non-hydrogen) atoms. The summed E-state index contributed by atoms with van der Waals surface area (Å²) in [5.74, 6) is 0. The van der Waals surface area contributed by atoms with Gasteiger partial charge in [0.05, 0.1) is 17.4 Å². The summed E-state index contributed by atoms with van der Waals surface area (Å²) in [4.78, 5) is 18.2. The number of hydrogen-bond acceptors (Lipinski definition) is 5. The van der Waals surface area contributed by atoms with E-state index in [-0.39, 0.29) is 12.1 Å².